The Morgan fingerprint density at radius 1 is 1.06 bits per heavy atom. The lowest BCUT2D eigenvalue weighted by Crippen LogP contribution is -2.23. The highest BCUT2D eigenvalue weighted by molar-refractivity contribution is 7.99. The quantitative estimate of drug-likeness (QED) is 0.238. The molecule has 0 bridgehead atoms. The van der Waals surface area contributed by atoms with Crippen LogP contribution in [0.2, 0.25) is 0 Å². The van der Waals surface area contributed by atoms with Gasteiger partial charge in [0.2, 0.25) is 11.8 Å². The highest BCUT2D eigenvalue weighted by atomic mass is 32.2. The maximum atomic E-state index is 13.7. The molecule has 3 aromatic carbocycles. The second kappa shape index (κ2) is 9.35. The zero-order valence-corrected chi connectivity index (χ0v) is 20.5. The van der Waals surface area contributed by atoms with Crippen molar-refractivity contribution in [2.24, 2.45) is 5.73 Å². The Morgan fingerprint density at radius 2 is 1.81 bits per heavy atom. The summed E-state index contributed by atoms with van der Waals surface area (Å²) in [5.41, 5.74) is 10.4. The number of nitrogens with one attached hydrogen (secondary N) is 2. The Hall–Kier alpha value is -4.37. The summed E-state index contributed by atoms with van der Waals surface area (Å²) >= 11 is 1.18. The number of hydrogen-bond donors (Lipinski definition) is 3. The summed E-state index contributed by atoms with van der Waals surface area (Å²) in [7, 11) is 0. The standard InChI is InChI=1S/C27H23N5O3S/c1-15-7-8-16(2)21(13-15)32-26(35)24-23(19-5-3-4-6-20(19)30-24)31-27(32)36-14-22(33)29-18-11-9-17(10-12-18)25(28)34/h3-13,30H,14H2,1-2H3,(H2,28,34)(H,29,33). The van der Waals surface area contributed by atoms with E-state index in [-0.39, 0.29) is 17.2 Å². The average molecular weight is 498 g/mol. The van der Waals surface area contributed by atoms with Gasteiger partial charge in [-0.1, -0.05) is 42.1 Å². The van der Waals surface area contributed by atoms with E-state index in [2.05, 4.69) is 10.3 Å². The molecule has 4 N–H and O–H groups in total. The molecule has 0 saturated carbocycles. The van der Waals surface area contributed by atoms with Crippen molar-refractivity contribution >= 4 is 51.2 Å². The Morgan fingerprint density at radius 3 is 2.56 bits per heavy atom. The fourth-order valence-corrected chi connectivity index (χ4v) is 4.86. The van der Waals surface area contributed by atoms with Gasteiger partial charge < -0.3 is 16.0 Å². The minimum absolute atomic E-state index is 0.0305. The van der Waals surface area contributed by atoms with Crippen LogP contribution in [0.15, 0.2) is 76.7 Å². The van der Waals surface area contributed by atoms with Crippen LogP contribution in [0.1, 0.15) is 21.5 Å². The first-order chi connectivity index (χ1) is 17.3. The third-order valence-corrected chi connectivity index (χ3v) is 6.82. The molecule has 2 heterocycles. The van der Waals surface area contributed by atoms with E-state index in [1.165, 1.54) is 11.8 Å². The number of aryl methyl sites for hydroxylation is 2. The summed E-state index contributed by atoms with van der Waals surface area (Å²) in [6.07, 6.45) is 0. The summed E-state index contributed by atoms with van der Waals surface area (Å²) in [6.45, 7) is 3.90. The topological polar surface area (TPSA) is 123 Å². The van der Waals surface area contributed by atoms with Gasteiger partial charge in [-0.25, -0.2) is 4.98 Å². The highest BCUT2D eigenvalue weighted by Gasteiger charge is 2.19. The minimum atomic E-state index is -0.536. The van der Waals surface area contributed by atoms with Crippen molar-refractivity contribution < 1.29 is 9.59 Å². The van der Waals surface area contributed by atoms with Gasteiger partial charge in [-0.2, -0.15) is 0 Å². The SMILES string of the molecule is Cc1ccc(C)c(-n2c(SCC(=O)Nc3ccc(C(N)=O)cc3)nc3c([nH]c4ccccc43)c2=O)c1. The lowest BCUT2D eigenvalue weighted by Gasteiger charge is -2.15. The number of para-hydroxylation sites is 1. The summed E-state index contributed by atoms with van der Waals surface area (Å²) in [4.78, 5) is 45.8. The van der Waals surface area contributed by atoms with Gasteiger partial charge in [0.15, 0.2) is 5.16 Å². The predicted octanol–water partition coefficient (Wildman–Crippen LogP) is 4.31. The molecule has 8 nitrogen and oxygen atoms in total. The third-order valence-electron chi connectivity index (χ3n) is 5.89. The van der Waals surface area contributed by atoms with Gasteiger partial charge in [0.1, 0.15) is 11.0 Å². The van der Waals surface area contributed by atoms with Crippen LogP contribution in [0, 0.1) is 13.8 Å². The molecule has 5 rings (SSSR count). The molecule has 2 amide bonds. The van der Waals surface area contributed by atoms with Gasteiger partial charge in [0, 0.05) is 22.2 Å². The molecular weight excluding hydrogens is 474 g/mol. The number of primary amides is 1. The lowest BCUT2D eigenvalue weighted by atomic mass is 10.1. The molecule has 0 saturated heterocycles. The van der Waals surface area contributed by atoms with E-state index in [0.717, 1.165) is 27.7 Å². The minimum Gasteiger partial charge on any atom is -0.366 e. The molecule has 0 aliphatic carbocycles. The fourth-order valence-electron chi connectivity index (χ4n) is 4.06. The van der Waals surface area contributed by atoms with Gasteiger partial charge in [-0.3, -0.25) is 19.0 Å². The molecule has 0 aliphatic rings. The Kier molecular flexibility index (Phi) is 6.07. The van der Waals surface area contributed by atoms with E-state index in [4.69, 9.17) is 10.7 Å². The number of fused-ring (bicyclic) bond motifs is 3. The smallest absolute Gasteiger partial charge is 0.283 e. The maximum Gasteiger partial charge on any atom is 0.283 e. The molecule has 2 aromatic heterocycles. The van der Waals surface area contributed by atoms with E-state index >= 15 is 0 Å². The van der Waals surface area contributed by atoms with E-state index < -0.39 is 5.91 Å². The van der Waals surface area contributed by atoms with Gasteiger partial charge in [0.25, 0.3) is 5.56 Å². The van der Waals surface area contributed by atoms with E-state index in [1.807, 2.05) is 56.3 Å². The van der Waals surface area contributed by atoms with Crippen molar-refractivity contribution in [2.75, 3.05) is 11.1 Å². The van der Waals surface area contributed by atoms with Crippen molar-refractivity contribution in [3.05, 3.63) is 93.8 Å². The molecule has 0 aliphatic heterocycles. The van der Waals surface area contributed by atoms with Crippen molar-refractivity contribution in [1.29, 1.82) is 0 Å². The number of benzene rings is 3. The Bertz CT molecular complexity index is 1700. The Balaban J connectivity index is 1.53. The Labute approximate surface area is 210 Å². The molecule has 0 spiro atoms. The first-order valence-corrected chi connectivity index (χ1v) is 12.2. The molecule has 0 radical (unpaired) electrons. The first-order valence-electron chi connectivity index (χ1n) is 11.3. The molecular formula is C27H23N5O3S. The van der Waals surface area contributed by atoms with Crippen molar-refractivity contribution in [3.63, 3.8) is 0 Å². The van der Waals surface area contributed by atoms with Crippen LogP contribution < -0.4 is 16.6 Å². The average Bonchev–Trinajstić information content (AvgIpc) is 3.24. The monoisotopic (exact) mass is 497 g/mol. The summed E-state index contributed by atoms with van der Waals surface area (Å²) in [5, 5.41) is 4.07. The second-order valence-corrected chi connectivity index (χ2v) is 9.44. The predicted molar refractivity (Wildman–Crippen MR) is 143 cm³/mol. The first kappa shape index (κ1) is 23.4. The normalized spacial score (nSPS) is 11.2. The molecule has 0 fully saturated rings. The van der Waals surface area contributed by atoms with Gasteiger partial charge in [-0.05, 0) is 61.4 Å². The van der Waals surface area contributed by atoms with Crippen molar-refractivity contribution in [1.82, 2.24) is 14.5 Å². The van der Waals surface area contributed by atoms with Crippen molar-refractivity contribution in [2.45, 2.75) is 19.0 Å². The molecule has 180 valence electrons. The number of amides is 2. The number of carbonyl (C=O) groups excluding carboxylic acids is 2. The summed E-state index contributed by atoms with van der Waals surface area (Å²) in [6, 6.07) is 19.8. The van der Waals surface area contributed by atoms with E-state index in [0.29, 0.717) is 27.4 Å². The third kappa shape index (κ3) is 4.36. The molecule has 5 aromatic rings. The number of aromatic nitrogens is 3. The van der Waals surface area contributed by atoms with Gasteiger partial charge in [0.05, 0.1) is 11.4 Å². The molecule has 9 heteroatoms. The lowest BCUT2D eigenvalue weighted by molar-refractivity contribution is -0.113. The largest absolute Gasteiger partial charge is 0.366 e. The van der Waals surface area contributed by atoms with E-state index in [1.54, 1.807) is 28.8 Å². The number of nitrogens with two attached hydrogens (primary N) is 1. The number of anilines is 1. The van der Waals surface area contributed by atoms with Gasteiger partial charge >= 0.3 is 0 Å². The molecule has 0 unspecified atom stereocenters. The highest BCUT2D eigenvalue weighted by Crippen LogP contribution is 2.27. The number of carbonyl (C=O) groups is 2. The zero-order chi connectivity index (χ0) is 25.4. The molecule has 36 heavy (non-hydrogen) atoms. The van der Waals surface area contributed by atoms with Crippen LogP contribution in [0.4, 0.5) is 5.69 Å². The number of H-pyrrole nitrogens is 1. The van der Waals surface area contributed by atoms with E-state index in [9.17, 15) is 14.4 Å². The number of aromatic amines is 1. The van der Waals surface area contributed by atoms with Crippen LogP contribution in [0.3, 0.4) is 0 Å². The zero-order valence-electron chi connectivity index (χ0n) is 19.7. The van der Waals surface area contributed by atoms with Gasteiger partial charge in [-0.15, -0.1) is 0 Å². The summed E-state index contributed by atoms with van der Waals surface area (Å²) in [5.74, 6) is -0.776. The summed E-state index contributed by atoms with van der Waals surface area (Å²) < 4.78 is 1.57. The maximum absolute atomic E-state index is 13.7. The van der Waals surface area contributed by atoms with Crippen LogP contribution in [-0.2, 0) is 4.79 Å². The van der Waals surface area contributed by atoms with Crippen LogP contribution in [-0.4, -0.2) is 32.1 Å². The molecule has 0 atom stereocenters. The fraction of sp³-hybridized carbons (Fsp3) is 0.111. The second-order valence-electron chi connectivity index (χ2n) is 8.50. The number of rotatable bonds is 6. The number of nitrogens with zero attached hydrogens (tertiary/aromatic N) is 2. The number of hydrogen-bond acceptors (Lipinski definition) is 5. The number of thioether (sulfide) groups is 1. The van der Waals surface area contributed by atoms with Crippen molar-refractivity contribution in [3.8, 4) is 5.69 Å². The van der Waals surface area contributed by atoms with Crippen LogP contribution in [0.25, 0.3) is 27.6 Å². The van der Waals surface area contributed by atoms with Crippen LogP contribution in [0.5, 0.6) is 0 Å². The van der Waals surface area contributed by atoms with Crippen LogP contribution >= 0.6 is 11.8 Å².